The normalized spacial score (nSPS) is 13.6. The number of hydrogen-bond donors (Lipinski definition) is 1. The predicted molar refractivity (Wildman–Crippen MR) is 113 cm³/mol. The van der Waals surface area contributed by atoms with Crippen LogP contribution in [0.4, 0.5) is 11.6 Å². The van der Waals surface area contributed by atoms with Crippen LogP contribution >= 0.6 is 0 Å². The first kappa shape index (κ1) is 18.2. The van der Waals surface area contributed by atoms with Crippen LogP contribution in [-0.4, -0.2) is 29.0 Å². The molecule has 5 heteroatoms. The standard InChI is InChI=1S/C23H24N4O/c1-16-11-17(2)13-21(12-16)26-22(28)19-7-5-18(6-8-19)20-14-24-23(25-15-20)27-9-3-4-10-27/h5-8,11-15H,3-4,9-10H2,1-2H3,(H,26,28). The van der Waals surface area contributed by atoms with E-state index < -0.39 is 0 Å². The number of rotatable bonds is 4. The van der Waals surface area contributed by atoms with Gasteiger partial charge in [-0.15, -0.1) is 0 Å². The number of aromatic nitrogens is 2. The maximum absolute atomic E-state index is 12.5. The van der Waals surface area contributed by atoms with E-state index in [1.54, 1.807) is 0 Å². The van der Waals surface area contributed by atoms with E-state index in [4.69, 9.17) is 0 Å². The van der Waals surface area contributed by atoms with Crippen LogP contribution in [0.3, 0.4) is 0 Å². The molecule has 1 amide bonds. The smallest absolute Gasteiger partial charge is 0.255 e. The highest BCUT2D eigenvalue weighted by Gasteiger charge is 2.14. The maximum atomic E-state index is 12.5. The molecule has 0 unspecified atom stereocenters. The van der Waals surface area contributed by atoms with Crippen molar-refractivity contribution >= 4 is 17.5 Å². The lowest BCUT2D eigenvalue weighted by Crippen LogP contribution is -2.20. The van der Waals surface area contributed by atoms with E-state index in [-0.39, 0.29) is 5.91 Å². The molecular formula is C23H24N4O. The molecule has 0 bridgehead atoms. The van der Waals surface area contributed by atoms with Crippen LogP contribution in [0.1, 0.15) is 34.3 Å². The van der Waals surface area contributed by atoms with Crippen LogP contribution in [0.5, 0.6) is 0 Å². The molecule has 1 saturated heterocycles. The Balaban J connectivity index is 1.46. The van der Waals surface area contributed by atoms with Gasteiger partial charge in [-0.2, -0.15) is 0 Å². The average molecular weight is 372 g/mol. The molecule has 2 heterocycles. The van der Waals surface area contributed by atoms with Crippen molar-refractivity contribution in [3.8, 4) is 11.1 Å². The first-order valence-electron chi connectivity index (χ1n) is 9.65. The van der Waals surface area contributed by atoms with Gasteiger partial charge in [-0.25, -0.2) is 9.97 Å². The summed E-state index contributed by atoms with van der Waals surface area (Å²) in [6.07, 6.45) is 6.12. The summed E-state index contributed by atoms with van der Waals surface area (Å²) in [5.74, 6) is 0.683. The first-order valence-corrected chi connectivity index (χ1v) is 9.65. The van der Waals surface area contributed by atoms with Gasteiger partial charge in [0.1, 0.15) is 0 Å². The molecular weight excluding hydrogens is 348 g/mol. The zero-order valence-electron chi connectivity index (χ0n) is 16.3. The van der Waals surface area contributed by atoms with Gasteiger partial charge in [0, 0.05) is 42.3 Å². The molecule has 0 radical (unpaired) electrons. The number of carbonyl (C=O) groups excluding carboxylic acids is 1. The third-order valence-electron chi connectivity index (χ3n) is 4.99. The Labute approximate surface area is 165 Å². The number of carbonyl (C=O) groups is 1. The number of amides is 1. The maximum Gasteiger partial charge on any atom is 0.255 e. The predicted octanol–water partition coefficient (Wildman–Crippen LogP) is 4.61. The van der Waals surface area contributed by atoms with Crippen LogP contribution in [0.25, 0.3) is 11.1 Å². The molecule has 5 nitrogen and oxygen atoms in total. The number of anilines is 2. The van der Waals surface area contributed by atoms with Crippen molar-refractivity contribution in [1.82, 2.24) is 9.97 Å². The van der Waals surface area contributed by atoms with Gasteiger partial charge >= 0.3 is 0 Å². The van der Waals surface area contributed by atoms with Crippen LogP contribution in [-0.2, 0) is 0 Å². The molecule has 1 N–H and O–H groups in total. The number of hydrogen-bond acceptors (Lipinski definition) is 4. The van der Waals surface area contributed by atoms with Crippen LogP contribution in [0, 0.1) is 13.8 Å². The molecule has 0 saturated carbocycles. The molecule has 1 aliphatic rings. The Morgan fingerprint density at radius 1 is 0.893 bits per heavy atom. The van der Waals surface area contributed by atoms with E-state index in [1.807, 2.05) is 62.6 Å². The van der Waals surface area contributed by atoms with Crippen molar-refractivity contribution in [1.29, 1.82) is 0 Å². The van der Waals surface area contributed by atoms with E-state index in [2.05, 4.69) is 26.3 Å². The highest BCUT2D eigenvalue weighted by Crippen LogP contribution is 2.22. The van der Waals surface area contributed by atoms with Crippen molar-refractivity contribution in [3.63, 3.8) is 0 Å². The lowest BCUT2D eigenvalue weighted by molar-refractivity contribution is 0.102. The summed E-state index contributed by atoms with van der Waals surface area (Å²) in [7, 11) is 0. The van der Waals surface area contributed by atoms with Crippen molar-refractivity contribution in [2.75, 3.05) is 23.3 Å². The minimum Gasteiger partial charge on any atom is -0.341 e. The highest BCUT2D eigenvalue weighted by atomic mass is 16.1. The second kappa shape index (κ2) is 7.80. The van der Waals surface area contributed by atoms with E-state index in [0.29, 0.717) is 5.56 Å². The van der Waals surface area contributed by atoms with Gasteiger partial charge in [0.25, 0.3) is 5.91 Å². The van der Waals surface area contributed by atoms with Gasteiger partial charge in [-0.3, -0.25) is 4.79 Å². The molecule has 0 spiro atoms. The van der Waals surface area contributed by atoms with Crippen molar-refractivity contribution in [2.24, 2.45) is 0 Å². The molecule has 2 aromatic carbocycles. The lowest BCUT2D eigenvalue weighted by Gasteiger charge is -2.14. The largest absolute Gasteiger partial charge is 0.341 e. The third kappa shape index (κ3) is 4.03. The summed E-state index contributed by atoms with van der Waals surface area (Å²) < 4.78 is 0. The Morgan fingerprint density at radius 3 is 2.11 bits per heavy atom. The van der Waals surface area contributed by atoms with Gasteiger partial charge in [-0.05, 0) is 67.6 Å². The molecule has 3 aromatic rings. The topological polar surface area (TPSA) is 58.1 Å². The number of nitrogens with zero attached hydrogens (tertiary/aromatic N) is 3. The summed E-state index contributed by atoms with van der Waals surface area (Å²) >= 11 is 0. The minimum absolute atomic E-state index is 0.114. The number of aryl methyl sites for hydroxylation is 2. The van der Waals surface area contributed by atoms with Gasteiger partial charge in [0.2, 0.25) is 5.95 Å². The van der Waals surface area contributed by atoms with Crippen molar-refractivity contribution < 1.29 is 4.79 Å². The zero-order valence-corrected chi connectivity index (χ0v) is 16.3. The first-order chi connectivity index (χ1) is 13.6. The van der Waals surface area contributed by atoms with E-state index in [1.165, 1.54) is 12.8 Å². The van der Waals surface area contributed by atoms with Crippen LogP contribution < -0.4 is 10.2 Å². The molecule has 0 atom stereocenters. The summed E-state index contributed by atoms with van der Waals surface area (Å²) in [5, 5.41) is 2.97. The van der Waals surface area contributed by atoms with Gasteiger partial charge in [-0.1, -0.05) is 18.2 Å². The lowest BCUT2D eigenvalue weighted by atomic mass is 10.1. The molecule has 142 valence electrons. The molecule has 28 heavy (non-hydrogen) atoms. The molecule has 1 fully saturated rings. The molecule has 0 aliphatic carbocycles. The Bertz CT molecular complexity index is 954. The van der Waals surface area contributed by atoms with Gasteiger partial charge in [0.05, 0.1) is 0 Å². The Hall–Kier alpha value is -3.21. The quantitative estimate of drug-likeness (QED) is 0.726. The average Bonchev–Trinajstić information content (AvgIpc) is 3.22. The fourth-order valence-corrected chi connectivity index (χ4v) is 3.61. The SMILES string of the molecule is Cc1cc(C)cc(NC(=O)c2ccc(-c3cnc(N4CCCC4)nc3)cc2)c1. The van der Waals surface area contributed by atoms with Crippen LogP contribution in [0.15, 0.2) is 54.9 Å². The van der Waals surface area contributed by atoms with E-state index in [0.717, 1.165) is 47.0 Å². The number of nitrogens with one attached hydrogen (secondary N) is 1. The molecule has 1 aromatic heterocycles. The second-order valence-electron chi connectivity index (χ2n) is 7.37. The van der Waals surface area contributed by atoms with Gasteiger partial charge in [0.15, 0.2) is 0 Å². The number of benzene rings is 2. The fraction of sp³-hybridized carbons (Fsp3) is 0.261. The summed E-state index contributed by atoms with van der Waals surface area (Å²) in [4.78, 5) is 23.8. The van der Waals surface area contributed by atoms with Gasteiger partial charge < -0.3 is 10.2 Å². The van der Waals surface area contributed by atoms with E-state index >= 15 is 0 Å². The fourth-order valence-electron chi connectivity index (χ4n) is 3.61. The summed E-state index contributed by atoms with van der Waals surface area (Å²) in [5.41, 5.74) is 5.64. The monoisotopic (exact) mass is 372 g/mol. The minimum atomic E-state index is -0.114. The highest BCUT2D eigenvalue weighted by molar-refractivity contribution is 6.04. The Kier molecular flexibility index (Phi) is 5.06. The second-order valence-corrected chi connectivity index (χ2v) is 7.37. The molecule has 4 rings (SSSR count). The zero-order chi connectivity index (χ0) is 19.5. The van der Waals surface area contributed by atoms with Crippen LogP contribution in [0.2, 0.25) is 0 Å². The molecule has 1 aliphatic heterocycles. The van der Waals surface area contributed by atoms with E-state index in [9.17, 15) is 4.79 Å². The van der Waals surface area contributed by atoms with Crippen molar-refractivity contribution in [3.05, 3.63) is 71.5 Å². The third-order valence-corrected chi connectivity index (χ3v) is 4.99. The summed E-state index contributed by atoms with van der Waals surface area (Å²) in [6, 6.07) is 13.6. The summed E-state index contributed by atoms with van der Waals surface area (Å²) in [6.45, 7) is 6.11. The van der Waals surface area contributed by atoms with Crippen molar-refractivity contribution in [2.45, 2.75) is 26.7 Å². The Morgan fingerprint density at radius 2 is 1.50 bits per heavy atom.